The van der Waals surface area contributed by atoms with Gasteiger partial charge >= 0.3 is 6.18 Å². The minimum absolute atomic E-state index is 0.0850. The number of nitrogens with zero attached hydrogens (tertiary/aromatic N) is 1. The van der Waals surface area contributed by atoms with Crippen molar-refractivity contribution >= 4 is 15.9 Å². The highest BCUT2D eigenvalue weighted by atomic mass is 79.9. The molecule has 0 aliphatic heterocycles. The van der Waals surface area contributed by atoms with Gasteiger partial charge < -0.3 is 0 Å². The summed E-state index contributed by atoms with van der Waals surface area (Å²) in [7, 11) is 0. The maximum Gasteiger partial charge on any atom is 0.416 e. The summed E-state index contributed by atoms with van der Waals surface area (Å²) in [4.78, 5) is 3.24. The number of hydrogen-bond donors (Lipinski definition) is 0. The lowest BCUT2D eigenvalue weighted by atomic mass is 10.1. The van der Waals surface area contributed by atoms with Crippen LogP contribution in [0.3, 0.4) is 0 Å². The molecule has 0 aromatic carbocycles. The lowest BCUT2D eigenvalue weighted by molar-refractivity contribution is -0.138. The van der Waals surface area contributed by atoms with Crippen molar-refractivity contribution in [3.63, 3.8) is 0 Å². The number of pyridine rings is 1. The summed E-state index contributed by atoms with van der Waals surface area (Å²) >= 11 is 2.83. The maximum atomic E-state index is 12.4. The van der Waals surface area contributed by atoms with Crippen molar-refractivity contribution < 1.29 is 22.0 Å². The van der Waals surface area contributed by atoms with Crippen LogP contribution in [0.1, 0.15) is 23.2 Å². The summed E-state index contributed by atoms with van der Waals surface area (Å²) in [6, 6.07) is 0.376. The zero-order chi connectivity index (χ0) is 11.6. The van der Waals surface area contributed by atoms with Crippen LogP contribution in [-0.4, -0.2) is 4.98 Å². The van der Waals surface area contributed by atoms with Gasteiger partial charge in [0.2, 0.25) is 0 Å². The van der Waals surface area contributed by atoms with Gasteiger partial charge in [-0.2, -0.15) is 13.2 Å². The highest BCUT2D eigenvalue weighted by molar-refractivity contribution is 9.08. The van der Waals surface area contributed by atoms with Crippen LogP contribution in [0.25, 0.3) is 0 Å². The Labute approximate surface area is 90.4 Å². The van der Waals surface area contributed by atoms with Crippen molar-refractivity contribution in [1.82, 2.24) is 4.98 Å². The minimum Gasteiger partial charge on any atom is -0.255 e. The normalized spacial score (nSPS) is 12.2. The van der Waals surface area contributed by atoms with Gasteiger partial charge in [0.25, 0.3) is 6.43 Å². The summed E-state index contributed by atoms with van der Waals surface area (Å²) in [5.41, 5.74) is -2.11. The first-order chi connectivity index (χ1) is 6.86. The van der Waals surface area contributed by atoms with Crippen LogP contribution in [0.4, 0.5) is 22.0 Å². The molecule has 0 N–H and O–H groups in total. The fourth-order valence-electron chi connectivity index (χ4n) is 0.990. The Morgan fingerprint density at radius 1 is 1.33 bits per heavy atom. The van der Waals surface area contributed by atoms with Crippen LogP contribution >= 0.6 is 15.9 Å². The molecule has 0 saturated carbocycles. The first-order valence-corrected chi connectivity index (χ1v) is 4.88. The molecule has 1 rings (SSSR count). The molecule has 1 aromatic rings. The van der Waals surface area contributed by atoms with Crippen LogP contribution in [0, 0.1) is 0 Å². The molecule has 7 heteroatoms. The lowest BCUT2D eigenvalue weighted by Crippen LogP contribution is -2.10. The number of rotatable bonds is 2. The number of alkyl halides is 6. The van der Waals surface area contributed by atoms with Gasteiger partial charge in [0.05, 0.1) is 5.56 Å². The van der Waals surface area contributed by atoms with Crippen LogP contribution < -0.4 is 0 Å². The van der Waals surface area contributed by atoms with Gasteiger partial charge in [0, 0.05) is 11.5 Å². The van der Waals surface area contributed by atoms with E-state index >= 15 is 0 Å². The molecule has 0 amide bonds. The third kappa shape index (κ3) is 2.87. The molecule has 1 nitrogen and oxygen atoms in total. The van der Waals surface area contributed by atoms with Crippen molar-refractivity contribution in [2.75, 3.05) is 0 Å². The van der Waals surface area contributed by atoms with E-state index in [1.54, 1.807) is 0 Å². The van der Waals surface area contributed by atoms with E-state index < -0.39 is 23.9 Å². The minimum atomic E-state index is -4.64. The molecule has 1 aromatic heterocycles. The third-order valence-corrected chi connectivity index (χ3v) is 2.28. The zero-order valence-corrected chi connectivity index (χ0v) is 8.74. The quantitative estimate of drug-likeness (QED) is 0.594. The van der Waals surface area contributed by atoms with Gasteiger partial charge in [-0.1, -0.05) is 15.9 Å². The molecular weight excluding hydrogens is 285 g/mol. The molecule has 0 aliphatic carbocycles. The van der Waals surface area contributed by atoms with Crippen molar-refractivity contribution in [2.45, 2.75) is 17.9 Å². The van der Waals surface area contributed by atoms with Crippen LogP contribution in [0.15, 0.2) is 12.3 Å². The van der Waals surface area contributed by atoms with E-state index in [1.807, 2.05) is 0 Å². The lowest BCUT2D eigenvalue weighted by Gasteiger charge is -2.11. The Hall–Kier alpha value is -0.720. The van der Waals surface area contributed by atoms with Crippen LogP contribution in [-0.2, 0) is 11.5 Å². The molecular formula is C8H5BrF5N. The second-order valence-corrected chi connectivity index (χ2v) is 3.26. The first-order valence-electron chi connectivity index (χ1n) is 3.76. The molecule has 0 saturated heterocycles. The molecule has 0 radical (unpaired) electrons. The van der Waals surface area contributed by atoms with Gasteiger partial charge in [-0.25, -0.2) is 8.78 Å². The Morgan fingerprint density at radius 3 is 2.33 bits per heavy atom. The third-order valence-electron chi connectivity index (χ3n) is 1.68. The summed E-state index contributed by atoms with van der Waals surface area (Å²) in [5.74, 6) is 0. The molecule has 15 heavy (non-hydrogen) atoms. The summed E-state index contributed by atoms with van der Waals surface area (Å²) in [5, 5.41) is -0.0850. The second-order valence-electron chi connectivity index (χ2n) is 2.70. The Morgan fingerprint density at radius 2 is 1.93 bits per heavy atom. The van der Waals surface area contributed by atoms with Crippen molar-refractivity contribution in [2.24, 2.45) is 0 Å². The summed E-state index contributed by atoms with van der Waals surface area (Å²) in [6.07, 6.45) is -6.84. The summed E-state index contributed by atoms with van der Waals surface area (Å²) in [6.45, 7) is 0. The maximum absolute atomic E-state index is 12.4. The highest BCUT2D eigenvalue weighted by Gasteiger charge is 2.34. The fourth-order valence-corrected chi connectivity index (χ4v) is 1.44. The molecule has 0 atom stereocenters. The molecule has 84 valence electrons. The van der Waals surface area contributed by atoms with E-state index in [-0.39, 0.29) is 10.9 Å². The van der Waals surface area contributed by atoms with Crippen molar-refractivity contribution in [1.29, 1.82) is 0 Å². The smallest absolute Gasteiger partial charge is 0.255 e. The van der Waals surface area contributed by atoms with Gasteiger partial charge in [-0.05, 0) is 11.6 Å². The number of aromatic nitrogens is 1. The van der Waals surface area contributed by atoms with E-state index in [0.717, 1.165) is 6.20 Å². The van der Waals surface area contributed by atoms with Gasteiger partial charge in [0.15, 0.2) is 0 Å². The average molecular weight is 290 g/mol. The van der Waals surface area contributed by atoms with Crippen molar-refractivity contribution in [3.8, 4) is 0 Å². The zero-order valence-electron chi connectivity index (χ0n) is 7.15. The predicted octanol–water partition coefficient (Wildman–Crippen LogP) is 3.93. The van der Waals surface area contributed by atoms with E-state index in [4.69, 9.17) is 0 Å². The van der Waals surface area contributed by atoms with Crippen LogP contribution in [0.5, 0.6) is 0 Å². The van der Waals surface area contributed by atoms with E-state index in [9.17, 15) is 22.0 Å². The Bertz CT molecular complexity index is 349. The molecule has 0 spiro atoms. The first kappa shape index (κ1) is 12.4. The molecule has 0 unspecified atom stereocenters. The SMILES string of the molecule is FC(F)c1cc(C(F)(F)F)c(CBr)cn1. The highest BCUT2D eigenvalue weighted by Crippen LogP contribution is 2.34. The largest absolute Gasteiger partial charge is 0.416 e. The Kier molecular flexibility index (Phi) is 3.64. The predicted molar refractivity (Wildman–Crippen MR) is 46.8 cm³/mol. The number of halogens is 6. The van der Waals surface area contributed by atoms with E-state index in [0.29, 0.717) is 6.07 Å². The monoisotopic (exact) mass is 289 g/mol. The average Bonchev–Trinajstić information content (AvgIpc) is 2.15. The Balaban J connectivity index is 3.26. The van der Waals surface area contributed by atoms with E-state index in [2.05, 4.69) is 20.9 Å². The van der Waals surface area contributed by atoms with Gasteiger partial charge in [0.1, 0.15) is 5.69 Å². The molecule has 0 aliphatic rings. The second kappa shape index (κ2) is 4.42. The molecule has 1 heterocycles. The standard InChI is InChI=1S/C8H5BrF5N/c9-2-4-3-15-6(7(10)11)1-5(4)8(12,13)14/h1,3,7H,2H2. The van der Waals surface area contributed by atoms with Crippen LogP contribution in [0.2, 0.25) is 0 Å². The summed E-state index contributed by atoms with van der Waals surface area (Å²) < 4.78 is 61.4. The van der Waals surface area contributed by atoms with Gasteiger partial charge in [-0.3, -0.25) is 4.98 Å². The molecule has 0 fully saturated rings. The number of hydrogen-bond acceptors (Lipinski definition) is 1. The molecule has 0 bridgehead atoms. The fraction of sp³-hybridized carbons (Fsp3) is 0.375. The topological polar surface area (TPSA) is 12.9 Å². The van der Waals surface area contributed by atoms with Gasteiger partial charge in [-0.15, -0.1) is 0 Å². The van der Waals surface area contributed by atoms with E-state index in [1.165, 1.54) is 0 Å². The van der Waals surface area contributed by atoms with Crippen molar-refractivity contribution in [3.05, 3.63) is 29.1 Å².